The smallest absolute Gasteiger partial charge is 0.290 e. The summed E-state index contributed by atoms with van der Waals surface area (Å²) in [4.78, 5) is 21.9. The summed E-state index contributed by atoms with van der Waals surface area (Å²) in [5.41, 5.74) is 2.68. The fourth-order valence-electron chi connectivity index (χ4n) is 3.89. The van der Waals surface area contributed by atoms with E-state index in [9.17, 15) is 4.79 Å². The fraction of sp³-hybridized carbons (Fsp3) is 0.217. The van der Waals surface area contributed by atoms with Crippen molar-refractivity contribution in [3.8, 4) is 0 Å². The third-order valence-electron chi connectivity index (χ3n) is 5.51. The minimum absolute atomic E-state index is 0.0279. The molecule has 0 saturated carbocycles. The van der Waals surface area contributed by atoms with Gasteiger partial charge in [0, 0.05) is 42.5 Å². The molecule has 0 radical (unpaired) electrons. The second-order valence-electron chi connectivity index (χ2n) is 7.19. The molecule has 0 spiro atoms. The summed E-state index contributed by atoms with van der Waals surface area (Å²) in [5.74, 6) is 1.39. The van der Waals surface area contributed by atoms with Crippen molar-refractivity contribution in [2.24, 2.45) is 0 Å². The maximum absolute atomic E-state index is 13.0. The zero-order valence-electron chi connectivity index (χ0n) is 15.8. The number of hydrogen-bond donors (Lipinski definition) is 0. The van der Waals surface area contributed by atoms with E-state index >= 15 is 0 Å². The highest BCUT2D eigenvalue weighted by atomic mass is 16.3. The summed E-state index contributed by atoms with van der Waals surface area (Å²) < 4.78 is 5.86. The van der Waals surface area contributed by atoms with Crippen LogP contribution in [0.2, 0.25) is 0 Å². The number of aryl methyl sites for hydroxylation is 1. The van der Waals surface area contributed by atoms with Crippen molar-refractivity contribution in [3.05, 3.63) is 72.0 Å². The van der Waals surface area contributed by atoms with Gasteiger partial charge in [-0.05, 0) is 31.2 Å². The number of hydrogen-bond acceptors (Lipinski definition) is 4. The van der Waals surface area contributed by atoms with Crippen molar-refractivity contribution in [1.82, 2.24) is 9.88 Å². The topological polar surface area (TPSA) is 49.6 Å². The Morgan fingerprint density at radius 1 is 0.929 bits per heavy atom. The minimum atomic E-state index is -0.0279. The van der Waals surface area contributed by atoms with Crippen molar-refractivity contribution in [2.75, 3.05) is 31.1 Å². The van der Waals surface area contributed by atoms with Crippen LogP contribution in [0.1, 0.15) is 16.1 Å². The van der Waals surface area contributed by atoms with E-state index in [2.05, 4.69) is 23.1 Å². The quantitative estimate of drug-likeness (QED) is 0.528. The molecule has 28 heavy (non-hydrogen) atoms. The molecule has 5 rings (SSSR count). The first-order valence-electron chi connectivity index (χ1n) is 9.59. The van der Waals surface area contributed by atoms with Crippen LogP contribution in [0.5, 0.6) is 0 Å². The van der Waals surface area contributed by atoms with Crippen LogP contribution in [0.4, 0.5) is 5.82 Å². The number of fused-ring (bicyclic) bond motifs is 2. The number of amides is 1. The van der Waals surface area contributed by atoms with Crippen LogP contribution >= 0.6 is 0 Å². The van der Waals surface area contributed by atoms with Crippen LogP contribution < -0.4 is 4.90 Å². The number of para-hydroxylation sites is 2. The largest absolute Gasteiger partial charge is 0.451 e. The Morgan fingerprint density at radius 3 is 2.50 bits per heavy atom. The van der Waals surface area contributed by atoms with Gasteiger partial charge in [0.15, 0.2) is 5.76 Å². The highest BCUT2D eigenvalue weighted by Crippen LogP contribution is 2.26. The molecule has 1 fully saturated rings. The Morgan fingerprint density at radius 2 is 1.68 bits per heavy atom. The number of piperazine rings is 1. The number of aromatic nitrogens is 1. The van der Waals surface area contributed by atoms with E-state index in [1.807, 2.05) is 54.3 Å². The van der Waals surface area contributed by atoms with E-state index in [-0.39, 0.29) is 5.91 Å². The summed E-state index contributed by atoms with van der Waals surface area (Å²) in [5, 5.41) is 2.14. The number of furan rings is 1. The Hall–Kier alpha value is -3.34. The van der Waals surface area contributed by atoms with Crippen LogP contribution in [-0.4, -0.2) is 42.0 Å². The number of anilines is 1. The maximum atomic E-state index is 13.0. The lowest BCUT2D eigenvalue weighted by molar-refractivity contribution is 0.0716. The number of benzene rings is 2. The highest BCUT2D eigenvalue weighted by Gasteiger charge is 2.27. The van der Waals surface area contributed by atoms with E-state index in [1.165, 1.54) is 0 Å². The first-order chi connectivity index (χ1) is 13.7. The zero-order chi connectivity index (χ0) is 19.1. The lowest BCUT2D eigenvalue weighted by Crippen LogP contribution is -2.49. The number of rotatable bonds is 2. The maximum Gasteiger partial charge on any atom is 0.290 e. The van der Waals surface area contributed by atoms with Crippen molar-refractivity contribution in [2.45, 2.75) is 6.92 Å². The van der Waals surface area contributed by atoms with Gasteiger partial charge in [-0.3, -0.25) is 4.79 Å². The summed E-state index contributed by atoms with van der Waals surface area (Å²) in [6, 6.07) is 20.1. The molecule has 0 unspecified atom stereocenters. The van der Waals surface area contributed by atoms with Crippen molar-refractivity contribution < 1.29 is 9.21 Å². The summed E-state index contributed by atoms with van der Waals surface area (Å²) >= 11 is 0. The monoisotopic (exact) mass is 371 g/mol. The van der Waals surface area contributed by atoms with Gasteiger partial charge in [0.05, 0.1) is 5.52 Å². The molecule has 3 heterocycles. The molecule has 1 saturated heterocycles. The van der Waals surface area contributed by atoms with Gasteiger partial charge in [-0.2, -0.15) is 0 Å². The molecule has 1 aliphatic rings. The molecule has 1 aliphatic heterocycles. The molecule has 2 aromatic carbocycles. The molecular formula is C23H21N3O2. The first-order valence-corrected chi connectivity index (χ1v) is 9.59. The molecule has 5 heteroatoms. The van der Waals surface area contributed by atoms with E-state index in [1.54, 1.807) is 0 Å². The van der Waals surface area contributed by atoms with Gasteiger partial charge in [0.2, 0.25) is 0 Å². The molecule has 5 nitrogen and oxygen atoms in total. The lowest BCUT2D eigenvalue weighted by Gasteiger charge is -2.35. The minimum Gasteiger partial charge on any atom is -0.451 e. The lowest BCUT2D eigenvalue weighted by atomic mass is 10.1. The van der Waals surface area contributed by atoms with Gasteiger partial charge in [-0.1, -0.05) is 36.4 Å². The third kappa shape index (κ3) is 2.80. The second-order valence-corrected chi connectivity index (χ2v) is 7.19. The van der Waals surface area contributed by atoms with Crippen LogP contribution in [0.3, 0.4) is 0 Å². The Bertz CT molecular complexity index is 1170. The Labute approximate surface area is 163 Å². The van der Waals surface area contributed by atoms with Gasteiger partial charge in [-0.25, -0.2) is 4.98 Å². The number of nitrogens with zero attached hydrogens (tertiary/aromatic N) is 3. The third-order valence-corrected chi connectivity index (χ3v) is 5.51. The van der Waals surface area contributed by atoms with Crippen molar-refractivity contribution >= 4 is 33.6 Å². The second kappa shape index (κ2) is 6.68. The highest BCUT2D eigenvalue weighted by molar-refractivity contribution is 5.99. The van der Waals surface area contributed by atoms with Crippen LogP contribution in [0.15, 0.2) is 65.1 Å². The predicted molar refractivity (Wildman–Crippen MR) is 111 cm³/mol. The molecule has 0 aliphatic carbocycles. The molecule has 140 valence electrons. The average molecular weight is 371 g/mol. The SMILES string of the molecule is Cc1c(C(=O)N2CCN(c3ccc4ccccc4n3)CC2)oc2ccccc12. The number of carbonyl (C=O) groups is 1. The van der Waals surface area contributed by atoms with Crippen molar-refractivity contribution in [1.29, 1.82) is 0 Å². The van der Waals surface area contributed by atoms with Gasteiger partial charge >= 0.3 is 0 Å². The van der Waals surface area contributed by atoms with E-state index < -0.39 is 0 Å². The zero-order valence-corrected chi connectivity index (χ0v) is 15.8. The van der Waals surface area contributed by atoms with Crippen LogP contribution in [0.25, 0.3) is 21.9 Å². The van der Waals surface area contributed by atoms with Gasteiger partial charge in [0.1, 0.15) is 11.4 Å². The number of carbonyl (C=O) groups excluding carboxylic acids is 1. The van der Waals surface area contributed by atoms with Crippen molar-refractivity contribution in [3.63, 3.8) is 0 Å². The normalized spacial score (nSPS) is 14.8. The van der Waals surface area contributed by atoms with Gasteiger partial charge in [0.25, 0.3) is 5.91 Å². The fourth-order valence-corrected chi connectivity index (χ4v) is 3.89. The molecule has 4 aromatic rings. The molecule has 0 N–H and O–H groups in total. The average Bonchev–Trinajstić information content (AvgIpc) is 3.10. The Balaban J connectivity index is 1.33. The summed E-state index contributed by atoms with van der Waals surface area (Å²) in [7, 11) is 0. The van der Waals surface area contributed by atoms with E-state index in [0.29, 0.717) is 18.8 Å². The van der Waals surface area contributed by atoms with Gasteiger partial charge < -0.3 is 14.2 Å². The summed E-state index contributed by atoms with van der Waals surface area (Å²) in [6.07, 6.45) is 0. The molecule has 0 atom stereocenters. The first kappa shape index (κ1) is 16.8. The molecular weight excluding hydrogens is 350 g/mol. The predicted octanol–water partition coefficient (Wildman–Crippen LogP) is 4.25. The number of pyridine rings is 1. The van der Waals surface area contributed by atoms with Crippen LogP contribution in [0, 0.1) is 6.92 Å². The summed E-state index contributed by atoms with van der Waals surface area (Å²) in [6.45, 7) is 4.79. The molecule has 1 amide bonds. The Kier molecular flexibility index (Phi) is 4.01. The van der Waals surface area contributed by atoms with E-state index in [0.717, 1.165) is 46.3 Å². The standard InChI is InChI=1S/C23H21N3O2/c1-16-18-7-3-5-9-20(18)28-22(16)23(27)26-14-12-25(13-15-26)21-11-10-17-6-2-4-8-19(17)24-21/h2-11H,12-15H2,1H3. The van der Waals surface area contributed by atoms with E-state index in [4.69, 9.17) is 9.40 Å². The molecule has 0 bridgehead atoms. The van der Waals surface area contributed by atoms with Gasteiger partial charge in [-0.15, -0.1) is 0 Å². The molecule has 2 aromatic heterocycles. The van der Waals surface area contributed by atoms with Crippen LogP contribution in [-0.2, 0) is 0 Å².